The molecule has 2 heterocycles. The lowest BCUT2D eigenvalue weighted by Gasteiger charge is -2.17. The van der Waals surface area contributed by atoms with E-state index in [4.69, 9.17) is 0 Å². The molecule has 0 spiro atoms. The van der Waals surface area contributed by atoms with Crippen molar-refractivity contribution in [3.05, 3.63) is 16.5 Å². The summed E-state index contributed by atoms with van der Waals surface area (Å²) in [6.07, 6.45) is 0.0975. The Hall–Kier alpha value is -1.93. The van der Waals surface area contributed by atoms with Gasteiger partial charge in [0.15, 0.2) is 0 Å². The van der Waals surface area contributed by atoms with Crippen LogP contribution in [-0.2, 0) is 14.3 Å². The van der Waals surface area contributed by atoms with Crippen molar-refractivity contribution in [2.24, 2.45) is 0 Å². The number of nitrogens with zero attached hydrogens (tertiary/aromatic N) is 1. The van der Waals surface area contributed by atoms with Crippen LogP contribution in [0.4, 0.5) is 5.00 Å². The lowest BCUT2D eigenvalue weighted by Crippen LogP contribution is -2.41. The Morgan fingerprint density at radius 3 is 2.80 bits per heavy atom. The minimum absolute atomic E-state index is 0.0975. The average molecular weight is 297 g/mol. The minimum Gasteiger partial charge on any atom is -0.465 e. The maximum atomic E-state index is 12.2. The largest absolute Gasteiger partial charge is 0.465 e. The molecule has 2 amide bonds. The van der Waals surface area contributed by atoms with Gasteiger partial charge in [-0.3, -0.25) is 15.0 Å². The molecule has 1 unspecified atom stereocenters. The van der Waals surface area contributed by atoms with Gasteiger partial charge in [-0.2, -0.15) is 0 Å². The first-order valence-corrected chi connectivity index (χ1v) is 6.76. The van der Waals surface area contributed by atoms with Crippen molar-refractivity contribution >= 4 is 34.1 Å². The van der Waals surface area contributed by atoms with Crippen LogP contribution < -0.4 is 10.7 Å². The zero-order valence-electron chi connectivity index (χ0n) is 11.4. The van der Waals surface area contributed by atoms with Gasteiger partial charge < -0.3 is 10.1 Å². The number of ether oxygens (including phenoxy) is 1. The first-order chi connectivity index (χ1) is 9.42. The van der Waals surface area contributed by atoms with Crippen molar-refractivity contribution < 1.29 is 19.1 Å². The highest BCUT2D eigenvalue weighted by atomic mass is 32.1. The van der Waals surface area contributed by atoms with E-state index in [1.807, 2.05) is 6.92 Å². The number of amides is 2. The number of carbonyl (C=O) groups is 3. The molecule has 0 radical (unpaired) electrons. The second-order valence-corrected chi connectivity index (χ2v) is 5.70. The third-order valence-electron chi connectivity index (χ3n) is 2.95. The Morgan fingerprint density at radius 1 is 1.55 bits per heavy atom. The molecule has 1 aromatic rings. The Balaban J connectivity index is 2.16. The third kappa shape index (κ3) is 2.81. The highest BCUT2D eigenvalue weighted by Crippen LogP contribution is 2.28. The van der Waals surface area contributed by atoms with Gasteiger partial charge in [-0.15, -0.1) is 11.3 Å². The zero-order chi connectivity index (χ0) is 14.9. The van der Waals surface area contributed by atoms with Gasteiger partial charge in [-0.05, 0) is 13.0 Å². The molecule has 0 aliphatic carbocycles. The van der Waals surface area contributed by atoms with E-state index >= 15 is 0 Å². The molecule has 0 bridgehead atoms. The topological polar surface area (TPSA) is 87.7 Å². The lowest BCUT2D eigenvalue weighted by molar-refractivity contribution is -0.121. The van der Waals surface area contributed by atoms with Gasteiger partial charge in [0.2, 0.25) is 11.8 Å². The summed E-state index contributed by atoms with van der Waals surface area (Å²) in [5.41, 5.74) is 2.86. The number of hydrogen-bond acceptors (Lipinski definition) is 6. The summed E-state index contributed by atoms with van der Waals surface area (Å²) in [6, 6.07) is 1.07. The molecule has 8 heteroatoms. The highest BCUT2D eigenvalue weighted by Gasteiger charge is 2.33. The molecule has 2 rings (SSSR count). The first-order valence-electron chi connectivity index (χ1n) is 5.94. The number of carbonyl (C=O) groups excluding carboxylic acids is 3. The average Bonchev–Trinajstić information content (AvgIpc) is 2.91. The molecule has 0 aromatic carbocycles. The summed E-state index contributed by atoms with van der Waals surface area (Å²) in [4.78, 5) is 35.9. The van der Waals surface area contributed by atoms with E-state index in [0.717, 1.165) is 4.88 Å². The fourth-order valence-corrected chi connectivity index (χ4v) is 2.87. The summed E-state index contributed by atoms with van der Waals surface area (Å²) >= 11 is 1.29. The third-order valence-corrected chi connectivity index (χ3v) is 3.91. The van der Waals surface area contributed by atoms with Gasteiger partial charge >= 0.3 is 5.97 Å². The summed E-state index contributed by atoms with van der Waals surface area (Å²) in [5, 5.41) is 4.58. The SMILES string of the molecule is COC(=O)c1cc(C)sc1NC(=O)C1CC(=O)NN1C. The van der Waals surface area contributed by atoms with Crippen LogP contribution in [0.5, 0.6) is 0 Å². The van der Waals surface area contributed by atoms with Crippen LogP contribution in [-0.4, -0.2) is 43.0 Å². The van der Waals surface area contributed by atoms with Crippen molar-refractivity contribution in [3.63, 3.8) is 0 Å². The van der Waals surface area contributed by atoms with E-state index in [1.165, 1.54) is 23.5 Å². The molecule has 1 aromatic heterocycles. The number of likely N-dealkylation sites (N-methyl/N-ethyl adjacent to an activating group) is 1. The van der Waals surface area contributed by atoms with Crippen molar-refractivity contribution in [3.8, 4) is 0 Å². The predicted molar refractivity (Wildman–Crippen MR) is 73.3 cm³/mol. The van der Waals surface area contributed by atoms with Gasteiger partial charge in [0, 0.05) is 11.9 Å². The van der Waals surface area contributed by atoms with Crippen LogP contribution in [0.15, 0.2) is 6.07 Å². The first kappa shape index (κ1) is 14.5. The molecule has 0 saturated carbocycles. The summed E-state index contributed by atoms with van der Waals surface area (Å²) in [5.74, 6) is -1.04. The van der Waals surface area contributed by atoms with Crippen LogP contribution >= 0.6 is 11.3 Å². The minimum atomic E-state index is -0.588. The Labute approximate surface area is 119 Å². The number of thiophene rings is 1. The van der Waals surface area contributed by atoms with Crippen LogP contribution in [0.25, 0.3) is 0 Å². The number of hydrazine groups is 1. The molecular weight excluding hydrogens is 282 g/mol. The predicted octanol–water partition coefficient (Wildman–Crippen LogP) is 0.517. The number of hydrogen-bond donors (Lipinski definition) is 2. The molecule has 1 aliphatic rings. The molecule has 1 atom stereocenters. The smallest absolute Gasteiger partial charge is 0.340 e. The second kappa shape index (κ2) is 5.59. The zero-order valence-corrected chi connectivity index (χ0v) is 12.2. The fourth-order valence-electron chi connectivity index (χ4n) is 1.97. The van der Waals surface area contributed by atoms with Gasteiger partial charge in [-0.25, -0.2) is 9.80 Å². The summed E-state index contributed by atoms with van der Waals surface area (Å²) in [7, 11) is 2.91. The number of aryl methyl sites for hydroxylation is 1. The Morgan fingerprint density at radius 2 is 2.25 bits per heavy atom. The Bertz CT molecular complexity index is 569. The van der Waals surface area contributed by atoms with Gasteiger partial charge in [0.1, 0.15) is 11.0 Å². The van der Waals surface area contributed by atoms with E-state index in [1.54, 1.807) is 13.1 Å². The quantitative estimate of drug-likeness (QED) is 0.794. The van der Waals surface area contributed by atoms with Gasteiger partial charge in [0.05, 0.1) is 19.1 Å². The number of nitrogens with one attached hydrogen (secondary N) is 2. The van der Waals surface area contributed by atoms with E-state index < -0.39 is 12.0 Å². The number of anilines is 1. The molecule has 7 nitrogen and oxygen atoms in total. The van der Waals surface area contributed by atoms with Crippen molar-refractivity contribution in [1.29, 1.82) is 0 Å². The standard InChI is InChI=1S/C12H15N3O4S/c1-6-4-7(12(18)19-3)11(20-6)13-10(17)8-5-9(16)14-15(8)2/h4,8H,5H2,1-3H3,(H,13,17)(H,14,16). The van der Waals surface area contributed by atoms with Crippen LogP contribution in [0.3, 0.4) is 0 Å². The highest BCUT2D eigenvalue weighted by molar-refractivity contribution is 7.16. The second-order valence-electron chi connectivity index (χ2n) is 4.45. The van der Waals surface area contributed by atoms with Crippen LogP contribution in [0.2, 0.25) is 0 Å². The summed E-state index contributed by atoms with van der Waals surface area (Å²) in [6.45, 7) is 1.83. The maximum Gasteiger partial charge on any atom is 0.340 e. The number of methoxy groups -OCH3 is 1. The van der Waals surface area contributed by atoms with E-state index in [2.05, 4.69) is 15.5 Å². The van der Waals surface area contributed by atoms with Crippen molar-refractivity contribution in [1.82, 2.24) is 10.4 Å². The molecule has 2 N–H and O–H groups in total. The van der Waals surface area contributed by atoms with Crippen molar-refractivity contribution in [2.45, 2.75) is 19.4 Å². The van der Waals surface area contributed by atoms with Crippen LogP contribution in [0.1, 0.15) is 21.7 Å². The molecule has 1 aliphatic heterocycles. The Kier molecular flexibility index (Phi) is 4.05. The van der Waals surface area contributed by atoms with Gasteiger partial charge in [-0.1, -0.05) is 0 Å². The van der Waals surface area contributed by atoms with Gasteiger partial charge in [0.25, 0.3) is 0 Å². The molecule has 1 fully saturated rings. The molecule has 108 valence electrons. The number of rotatable bonds is 3. The number of esters is 1. The molecule has 1 saturated heterocycles. The monoisotopic (exact) mass is 297 g/mol. The van der Waals surface area contributed by atoms with E-state index in [9.17, 15) is 14.4 Å². The molecular formula is C12H15N3O4S. The van der Waals surface area contributed by atoms with Crippen molar-refractivity contribution in [2.75, 3.05) is 19.5 Å². The summed E-state index contributed by atoms with van der Waals surface area (Å²) < 4.78 is 4.68. The normalized spacial score (nSPS) is 18.8. The van der Waals surface area contributed by atoms with E-state index in [0.29, 0.717) is 10.6 Å². The fraction of sp³-hybridized carbons (Fsp3) is 0.417. The van der Waals surface area contributed by atoms with E-state index in [-0.39, 0.29) is 18.2 Å². The molecule has 20 heavy (non-hydrogen) atoms. The maximum absolute atomic E-state index is 12.2. The lowest BCUT2D eigenvalue weighted by atomic mass is 10.2. The van der Waals surface area contributed by atoms with Crippen LogP contribution in [0, 0.1) is 6.92 Å².